The molecule has 0 fully saturated rings. The van der Waals surface area contributed by atoms with Crippen molar-refractivity contribution in [3.8, 4) is 11.9 Å². The number of hydrogen-bond acceptors (Lipinski definition) is 6. The van der Waals surface area contributed by atoms with Crippen molar-refractivity contribution in [1.29, 1.82) is 5.26 Å². The van der Waals surface area contributed by atoms with E-state index >= 15 is 0 Å². The van der Waals surface area contributed by atoms with Gasteiger partial charge in [0.2, 0.25) is 0 Å². The zero-order valence-corrected chi connectivity index (χ0v) is 16.8. The maximum atomic E-state index is 12.6. The van der Waals surface area contributed by atoms with E-state index in [2.05, 4.69) is 20.4 Å². The van der Waals surface area contributed by atoms with E-state index in [9.17, 15) is 18.0 Å². The van der Waals surface area contributed by atoms with Crippen molar-refractivity contribution in [3.05, 3.63) is 64.8 Å². The van der Waals surface area contributed by atoms with E-state index < -0.39 is 17.5 Å². The van der Waals surface area contributed by atoms with Crippen LogP contribution in [0.1, 0.15) is 34.7 Å². The second-order valence-electron chi connectivity index (χ2n) is 5.97. The van der Waals surface area contributed by atoms with Crippen LogP contribution in [0, 0.1) is 11.3 Å². The van der Waals surface area contributed by atoms with Gasteiger partial charge in [-0.3, -0.25) is 4.79 Å². The molecule has 3 aromatic rings. The van der Waals surface area contributed by atoms with Crippen molar-refractivity contribution in [3.63, 3.8) is 0 Å². The molecule has 0 bridgehead atoms. The summed E-state index contributed by atoms with van der Waals surface area (Å²) in [5.41, 5.74) is -4.16. The Morgan fingerprint density at radius 1 is 1.30 bits per heavy atom. The Bertz CT molecular complexity index is 1110. The lowest BCUT2D eigenvalue weighted by atomic mass is 10.2. The molecule has 3 rings (SSSR count). The Labute approximate surface area is 177 Å². The van der Waals surface area contributed by atoms with Crippen LogP contribution in [0.2, 0.25) is 5.02 Å². The number of alkyl halides is 3. The van der Waals surface area contributed by atoms with Gasteiger partial charge >= 0.3 is 5.51 Å². The first-order chi connectivity index (χ1) is 14.2. The summed E-state index contributed by atoms with van der Waals surface area (Å²) in [6.07, 6.45) is 2.64. The van der Waals surface area contributed by atoms with Crippen LogP contribution < -0.4 is 5.32 Å². The Morgan fingerprint density at radius 2 is 2.07 bits per heavy atom. The molecule has 1 amide bonds. The molecule has 0 spiro atoms. The molecule has 0 unspecified atom stereocenters. The molecule has 0 aliphatic heterocycles. The third-order valence-electron chi connectivity index (χ3n) is 3.77. The van der Waals surface area contributed by atoms with E-state index in [-0.39, 0.29) is 27.2 Å². The fraction of sp³-hybridized carbons (Fsp3) is 0.167. The Balaban J connectivity index is 1.80. The zero-order valence-electron chi connectivity index (χ0n) is 15.2. The molecule has 2 aromatic heterocycles. The van der Waals surface area contributed by atoms with Crippen molar-refractivity contribution < 1.29 is 18.0 Å². The van der Waals surface area contributed by atoms with Gasteiger partial charge in [-0.25, -0.2) is 9.97 Å². The molecule has 30 heavy (non-hydrogen) atoms. The van der Waals surface area contributed by atoms with Crippen LogP contribution in [0.25, 0.3) is 5.82 Å². The second-order valence-corrected chi connectivity index (χ2v) is 7.54. The van der Waals surface area contributed by atoms with E-state index in [1.807, 2.05) is 6.07 Å². The molecule has 0 aliphatic rings. The lowest BCUT2D eigenvalue weighted by molar-refractivity contribution is -0.0328. The van der Waals surface area contributed by atoms with Crippen LogP contribution >= 0.6 is 23.4 Å². The molecule has 0 radical (unpaired) electrons. The first-order valence-electron chi connectivity index (χ1n) is 8.30. The summed E-state index contributed by atoms with van der Waals surface area (Å²) in [7, 11) is 0. The highest BCUT2D eigenvalue weighted by molar-refractivity contribution is 8.00. The molecule has 0 aliphatic carbocycles. The van der Waals surface area contributed by atoms with Crippen LogP contribution in [0.15, 0.2) is 47.8 Å². The predicted octanol–water partition coefficient (Wildman–Crippen LogP) is 4.29. The summed E-state index contributed by atoms with van der Waals surface area (Å²) in [6, 6.07) is 7.95. The van der Waals surface area contributed by atoms with Gasteiger partial charge in [-0.1, -0.05) is 11.6 Å². The van der Waals surface area contributed by atoms with Crippen LogP contribution in [0.4, 0.5) is 13.2 Å². The number of nitrogens with one attached hydrogen (secondary N) is 1. The quantitative estimate of drug-likeness (QED) is 0.580. The molecule has 7 nitrogen and oxygen atoms in total. The maximum absolute atomic E-state index is 12.6. The Hall–Kier alpha value is -3.10. The van der Waals surface area contributed by atoms with E-state index in [4.69, 9.17) is 16.9 Å². The molecule has 1 N–H and O–H groups in total. The highest BCUT2D eigenvalue weighted by Gasteiger charge is 2.30. The summed E-state index contributed by atoms with van der Waals surface area (Å²) in [4.78, 5) is 20.6. The van der Waals surface area contributed by atoms with Gasteiger partial charge in [0.1, 0.15) is 12.4 Å². The summed E-state index contributed by atoms with van der Waals surface area (Å²) in [5, 5.41) is 15.6. The highest BCUT2D eigenvalue weighted by atomic mass is 35.5. The van der Waals surface area contributed by atoms with Crippen LogP contribution in [0.3, 0.4) is 0 Å². The number of nitrogens with zero attached hydrogens (tertiary/aromatic N) is 5. The van der Waals surface area contributed by atoms with Gasteiger partial charge in [-0.2, -0.15) is 28.2 Å². The Morgan fingerprint density at radius 3 is 2.70 bits per heavy atom. The number of hydrogen-bond donors (Lipinski definition) is 1. The normalized spacial score (nSPS) is 12.3. The molecule has 1 aromatic carbocycles. The van der Waals surface area contributed by atoms with Gasteiger partial charge in [0.15, 0.2) is 11.6 Å². The summed E-state index contributed by atoms with van der Waals surface area (Å²) in [6.45, 7) is 1.64. The highest BCUT2D eigenvalue weighted by Crippen LogP contribution is 2.38. The number of aromatic nitrogens is 4. The number of rotatable bonds is 5. The van der Waals surface area contributed by atoms with Gasteiger partial charge in [0.05, 0.1) is 11.6 Å². The predicted molar refractivity (Wildman–Crippen MR) is 103 cm³/mol. The van der Waals surface area contributed by atoms with Gasteiger partial charge in [0, 0.05) is 21.7 Å². The molecule has 2 heterocycles. The number of thioether (sulfide) groups is 1. The monoisotopic (exact) mass is 452 g/mol. The largest absolute Gasteiger partial charge is 0.446 e. The molecular formula is C18H12ClF3N6OS. The van der Waals surface area contributed by atoms with E-state index in [1.54, 1.807) is 19.1 Å². The third-order valence-corrected chi connectivity index (χ3v) is 4.69. The lowest BCUT2D eigenvalue weighted by Gasteiger charge is -2.15. The van der Waals surface area contributed by atoms with Gasteiger partial charge < -0.3 is 5.32 Å². The van der Waals surface area contributed by atoms with Crippen LogP contribution in [-0.4, -0.2) is 31.2 Å². The lowest BCUT2D eigenvalue weighted by Crippen LogP contribution is -2.29. The van der Waals surface area contributed by atoms with Gasteiger partial charge in [0.25, 0.3) is 5.91 Å². The van der Waals surface area contributed by atoms with E-state index in [1.165, 1.54) is 23.3 Å². The number of carbonyl (C=O) groups is 1. The zero-order chi connectivity index (χ0) is 21.9. The fourth-order valence-electron chi connectivity index (χ4n) is 2.53. The maximum Gasteiger partial charge on any atom is 0.446 e. The standard InChI is InChI=1S/C18H12ClF3N6OS/c1-10(16-25-9-26-28(16)15-3-2-11(7-23)8-24-15)27-17(29)12-4-13(19)6-14(5-12)30-18(20,21)22/h2-6,8-10H,1H3,(H,27,29)/t10-/m0/s1. The first-order valence-corrected chi connectivity index (χ1v) is 9.49. The number of pyridine rings is 1. The molecule has 0 saturated heterocycles. The average Bonchev–Trinajstić information content (AvgIpc) is 3.16. The minimum absolute atomic E-state index is 0.00648. The second kappa shape index (κ2) is 8.73. The Kier molecular flexibility index (Phi) is 6.28. The third kappa shape index (κ3) is 5.28. The molecular weight excluding hydrogens is 441 g/mol. The summed E-state index contributed by atoms with van der Waals surface area (Å²) < 4.78 is 39.3. The van der Waals surface area contributed by atoms with Gasteiger partial charge in [-0.15, -0.1) is 0 Å². The summed E-state index contributed by atoms with van der Waals surface area (Å²) >= 11 is 5.51. The van der Waals surface area contributed by atoms with Crippen molar-refractivity contribution in [2.75, 3.05) is 0 Å². The summed E-state index contributed by atoms with van der Waals surface area (Å²) in [5.74, 6) is 0.0954. The number of benzene rings is 1. The van der Waals surface area contributed by atoms with Crippen molar-refractivity contribution in [2.24, 2.45) is 0 Å². The number of carbonyl (C=O) groups excluding carboxylic acids is 1. The number of nitriles is 1. The molecule has 154 valence electrons. The SMILES string of the molecule is C[C@H](NC(=O)c1cc(Cl)cc(SC(F)(F)F)c1)c1ncnn1-c1ccc(C#N)cn1. The minimum Gasteiger partial charge on any atom is -0.342 e. The number of amides is 1. The van der Waals surface area contributed by atoms with Gasteiger partial charge in [-0.05, 0) is 49.0 Å². The molecule has 1 atom stereocenters. The number of halogens is 4. The molecule has 12 heteroatoms. The topological polar surface area (TPSA) is 96.5 Å². The fourth-order valence-corrected chi connectivity index (χ4v) is 3.47. The molecule has 0 saturated carbocycles. The smallest absolute Gasteiger partial charge is 0.342 e. The van der Waals surface area contributed by atoms with E-state index in [0.29, 0.717) is 17.2 Å². The van der Waals surface area contributed by atoms with Crippen molar-refractivity contribution >= 4 is 29.3 Å². The van der Waals surface area contributed by atoms with Crippen molar-refractivity contribution in [2.45, 2.75) is 23.4 Å². The van der Waals surface area contributed by atoms with E-state index in [0.717, 1.165) is 12.1 Å². The minimum atomic E-state index is -4.50. The first kappa shape index (κ1) is 21.6. The van der Waals surface area contributed by atoms with Crippen LogP contribution in [0.5, 0.6) is 0 Å². The van der Waals surface area contributed by atoms with Crippen molar-refractivity contribution in [1.82, 2.24) is 25.1 Å². The average molecular weight is 453 g/mol. The van der Waals surface area contributed by atoms with Crippen LogP contribution in [-0.2, 0) is 0 Å².